The van der Waals surface area contributed by atoms with E-state index in [0.717, 1.165) is 0 Å². The Balaban J connectivity index is 2.06. The first kappa shape index (κ1) is 12.7. The van der Waals surface area contributed by atoms with Crippen LogP contribution in [-0.4, -0.2) is 32.6 Å². The maximum absolute atomic E-state index is 10.6. The summed E-state index contributed by atoms with van der Waals surface area (Å²) < 4.78 is 5.22. The Kier molecular flexibility index (Phi) is 3.87. The first-order valence-corrected chi connectivity index (χ1v) is 5.60. The number of aromatic nitrogens is 3. The minimum atomic E-state index is -1.11. The molecule has 0 amide bonds. The highest BCUT2D eigenvalue weighted by Crippen LogP contribution is 2.15. The van der Waals surface area contributed by atoms with Gasteiger partial charge in [-0.25, -0.2) is 19.7 Å². The quantitative estimate of drug-likeness (QED) is 0.844. The molecule has 2 aromatic rings. The molecule has 0 aromatic carbocycles. The summed E-state index contributed by atoms with van der Waals surface area (Å²) in [4.78, 5) is 22.4. The molecule has 2 rings (SSSR count). The van der Waals surface area contributed by atoms with Crippen LogP contribution >= 0.6 is 0 Å². The second-order valence-corrected chi connectivity index (χ2v) is 3.54. The number of nitrogens with one attached hydrogen (secondary N) is 1. The molecule has 7 nitrogen and oxygen atoms in total. The Bertz CT molecular complexity index is 554. The van der Waals surface area contributed by atoms with Crippen molar-refractivity contribution >= 4 is 17.5 Å². The highest BCUT2D eigenvalue weighted by Gasteiger charge is 2.05. The van der Waals surface area contributed by atoms with Gasteiger partial charge >= 0.3 is 5.97 Å². The molecule has 0 spiro atoms. The van der Waals surface area contributed by atoms with Gasteiger partial charge in [-0.1, -0.05) is 0 Å². The van der Waals surface area contributed by atoms with E-state index >= 15 is 0 Å². The van der Waals surface area contributed by atoms with Crippen molar-refractivity contribution in [1.82, 2.24) is 15.0 Å². The van der Waals surface area contributed by atoms with Crippen molar-refractivity contribution in [2.75, 3.05) is 11.9 Å². The molecular formula is C12H12N4O3. The summed E-state index contributed by atoms with van der Waals surface area (Å²) in [6.45, 7) is 2.44. The van der Waals surface area contributed by atoms with E-state index in [1.165, 1.54) is 12.4 Å². The molecule has 0 bridgehead atoms. The highest BCUT2D eigenvalue weighted by atomic mass is 16.5. The van der Waals surface area contributed by atoms with E-state index in [-0.39, 0.29) is 5.69 Å². The standard InChI is InChI=1S/C12H12N4O3/c1-2-19-11-4-3-8(5-15-11)16-10-7-13-9(6-14-10)12(17)18/h3-7H,2H2,1H3,(H,14,16)(H,17,18). The van der Waals surface area contributed by atoms with Gasteiger partial charge < -0.3 is 15.2 Å². The minimum absolute atomic E-state index is 0.102. The monoisotopic (exact) mass is 260 g/mol. The number of aromatic carboxylic acids is 1. The summed E-state index contributed by atoms with van der Waals surface area (Å²) in [7, 11) is 0. The molecule has 0 unspecified atom stereocenters. The summed E-state index contributed by atoms with van der Waals surface area (Å²) >= 11 is 0. The third-order valence-electron chi connectivity index (χ3n) is 2.17. The Morgan fingerprint density at radius 2 is 2.11 bits per heavy atom. The van der Waals surface area contributed by atoms with Crippen molar-refractivity contribution in [1.29, 1.82) is 0 Å². The number of carboxylic acid groups (broad SMARTS) is 1. The molecule has 0 atom stereocenters. The van der Waals surface area contributed by atoms with Crippen LogP contribution in [0.3, 0.4) is 0 Å². The van der Waals surface area contributed by atoms with E-state index < -0.39 is 5.97 Å². The molecule has 0 saturated carbocycles. The molecule has 0 radical (unpaired) electrons. The van der Waals surface area contributed by atoms with Gasteiger partial charge in [0.1, 0.15) is 5.82 Å². The van der Waals surface area contributed by atoms with Crippen LogP contribution < -0.4 is 10.1 Å². The number of pyridine rings is 1. The van der Waals surface area contributed by atoms with Gasteiger partial charge in [0.05, 0.1) is 30.9 Å². The number of hydrogen-bond acceptors (Lipinski definition) is 6. The number of anilines is 2. The van der Waals surface area contributed by atoms with Crippen molar-refractivity contribution in [3.8, 4) is 5.88 Å². The van der Waals surface area contributed by atoms with Crippen LogP contribution in [0.25, 0.3) is 0 Å². The zero-order chi connectivity index (χ0) is 13.7. The fraction of sp³-hybridized carbons (Fsp3) is 0.167. The van der Waals surface area contributed by atoms with Crippen molar-refractivity contribution < 1.29 is 14.6 Å². The second-order valence-electron chi connectivity index (χ2n) is 3.54. The Morgan fingerprint density at radius 1 is 1.26 bits per heavy atom. The van der Waals surface area contributed by atoms with Crippen LogP contribution in [0, 0.1) is 0 Å². The van der Waals surface area contributed by atoms with E-state index in [9.17, 15) is 4.79 Å². The Hall–Kier alpha value is -2.70. The van der Waals surface area contributed by atoms with Gasteiger partial charge in [-0.15, -0.1) is 0 Å². The van der Waals surface area contributed by atoms with E-state index in [2.05, 4.69) is 20.3 Å². The number of hydrogen-bond donors (Lipinski definition) is 2. The third-order valence-corrected chi connectivity index (χ3v) is 2.17. The zero-order valence-corrected chi connectivity index (χ0v) is 10.2. The average Bonchev–Trinajstić information content (AvgIpc) is 2.42. The largest absolute Gasteiger partial charge is 0.478 e. The highest BCUT2D eigenvalue weighted by molar-refractivity contribution is 5.84. The number of nitrogens with zero attached hydrogens (tertiary/aromatic N) is 3. The minimum Gasteiger partial charge on any atom is -0.478 e. The van der Waals surface area contributed by atoms with Crippen molar-refractivity contribution in [2.45, 2.75) is 6.92 Å². The predicted octanol–water partition coefficient (Wildman–Crippen LogP) is 1.71. The number of ether oxygens (including phenoxy) is 1. The SMILES string of the molecule is CCOc1ccc(Nc2cnc(C(=O)O)cn2)cn1. The molecule has 0 aliphatic carbocycles. The molecule has 2 N–H and O–H groups in total. The van der Waals surface area contributed by atoms with Crippen LogP contribution in [-0.2, 0) is 0 Å². The topological polar surface area (TPSA) is 97.2 Å². The van der Waals surface area contributed by atoms with E-state index in [0.29, 0.717) is 24.0 Å². The summed E-state index contributed by atoms with van der Waals surface area (Å²) in [6, 6.07) is 3.51. The van der Waals surface area contributed by atoms with Gasteiger partial charge in [0, 0.05) is 6.07 Å². The molecule has 0 aliphatic rings. The van der Waals surface area contributed by atoms with Gasteiger partial charge in [-0.05, 0) is 13.0 Å². The van der Waals surface area contributed by atoms with Gasteiger partial charge in [0.2, 0.25) is 5.88 Å². The molecule has 7 heteroatoms. The summed E-state index contributed by atoms with van der Waals surface area (Å²) in [5, 5.41) is 11.7. The average molecular weight is 260 g/mol. The van der Waals surface area contributed by atoms with E-state index in [4.69, 9.17) is 9.84 Å². The zero-order valence-electron chi connectivity index (χ0n) is 10.2. The molecule has 0 saturated heterocycles. The first-order valence-electron chi connectivity index (χ1n) is 5.60. The lowest BCUT2D eigenvalue weighted by Crippen LogP contribution is -2.03. The number of carbonyl (C=O) groups is 1. The van der Waals surface area contributed by atoms with Crippen LogP contribution in [0.2, 0.25) is 0 Å². The summed E-state index contributed by atoms with van der Waals surface area (Å²) in [5.74, 6) is -0.127. The molecule has 2 heterocycles. The summed E-state index contributed by atoms with van der Waals surface area (Å²) in [6.07, 6.45) is 4.13. The van der Waals surface area contributed by atoms with E-state index in [1.807, 2.05) is 6.92 Å². The van der Waals surface area contributed by atoms with Gasteiger partial charge in [-0.2, -0.15) is 0 Å². The lowest BCUT2D eigenvalue weighted by atomic mass is 10.4. The second kappa shape index (κ2) is 5.76. The van der Waals surface area contributed by atoms with Crippen LogP contribution in [0.4, 0.5) is 11.5 Å². The van der Waals surface area contributed by atoms with Crippen molar-refractivity contribution in [2.24, 2.45) is 0 Å². The summed E-state index contributed by atoms with van der Waals surface area (Å²) in [5.41, 5.74) is 0.608. The van der Waals surface area contributed by atoms with Crippen molar-refractivity contribution in [3.05, 3.63) is 36.4 Å². The van der Waals surface area contributed by atoms with Gasteiger partial charge in [-0.3, -0.25) is 0 Å². The molecular weight excluding hydrogens is 248 g/mol. The molecule has 0 fully saturated rings. The predicted molar refractivity (Wildman–Crippen MR) is 67.7 cm³/mol. The third kappa shape index (κ3) is 3.38. The Labute approximate surface area is 109 Å². The normalized spacial score (nSPS) is 9.95. The van der Waals surface area contributed by atoms with Crippen molar-refractivity contribution in [3.63, 3.8) is 0 Å². The number of carboxylic acids is 1. The Morgan fingerprint density at radius 3 is 2.63 bits per heavy atom. The van der Waals surface area contributed by atoms with Gasteiger partial charge in [0.15, 0.2) is 5.69 Å². The molecule has 19 heavy (non-hydrogen) atoms. The molecule has 2 aromatic heterocycles. The molecule has 98 valence electrons. The fourth-order valence-corrected chi connectivity index (χ4v) is 1.34. The fourth-order valence-electron chi connectivity index (χ4n) is 1.34. The molecule has 0 aliphatic heterocycles. The first-order chi connectivity index (χ1) is 9.19. The van der Waals surface area contributed by atoms with Crippen LogP contribution in [0.15, 0.2) is 30.7 Å². The maximum Gasteiger partial charge on any atom is 0.356 e. The lowest BCUT2D eigenvalue weighted by molar-refractivity contribution is 0.0690. The lowest BCUT2D eigenvalue weighted by Gasteiger charge is -2.06. The van der Waals surface area contributed by atoms with Crippen LogP contribution in [0.5, 0.6) is 5.88 Å². The van der Waals surface area contributed by atoms with E-state index in [1.54, 1.807) is 18.3 Å². The smallest absolute Gasteiger partial charge is 0.356 e. The number of rotatable bonds is 5. The maximum atomic E-state index is 10.6. The van der Waals surface area contributed by atoms with Crippen LogP contribution in [0.1, 0.15) is 17.4 Å². The van der Waals surface area contributed by atoms with Gasteiger partial charge in [0.25, 0.3) is 0 Å².